The molecule has 1 unspecified atom stereocenters. The van der Waals surface area contributed by atoms with Crippen molar-refractivity contribution < 1.29 is 9.72 Å². The van der Waals surface area contributed by atoms with Crippen LogP contribution >= 0.6 is 15.9 Å². The van der Waals surface area contributed by atoms with Gasteiger partial charge in [-0.2, -0.15) is 5.10 Å². The van der Waals surface area contributed by atoms with Crippen LogP contribution in [0.3, 0.4) is 0 Å². The third-order valence-corrected chi connectivity index (χ3v) is 4.81. The summed E-state index contributed by atoms with van der Waals surface area (Å²) in [7, 11) is 0. The van der Waals surface area contributed by atoms with E-state index in [1.165, 1.54) is 18.2 Å². The maximum atomic E-state index is 12.4. The molecule has 1 heterocycles. The molecule has 1 N–H and O–H groups in total. The molecular weight excluding hydrogens is 364 g/mol. The number of hydrogen-bond acceptors (Lipinski definition) is 4. The predicted octanol–water partition coefficient (Wildman–Crippen LogP) is 3.68. The van der Waals surface area contributed by atoms with Crippen molar-refractivity contribution in [1.82, 2.24) is 9.78 Å². The van der Waals surface area contributed by atoms with Crippen LogP contribution in [-0.4, -0.2) is 20.6 Å². The molecule has 1 aromatic heterocycles. The Hall–Kier alpha value is -2.22. The summed E-state index contributed by atoms with van der Waals surface area (Å²) in [6.45, 7) is 7.21. The number of aryl methyl sites for hydroxylation is 2. The summed E-state index contributed by atoms with van der Waals surface area (Å²) in [5.41, 5.74) is 2.86. The van der Waals surface area contributed by atoms with Gasteiger partial charge in [-0.1, -0.05) is 0 Å². The topological polar surface area (TPSA) is 90.1 Å². The van der Waals surface area contributed by atoms with E-state index in [9.17, 15) is 14.9 Å². The zero-order valence-corrected chi connectivity index (χ0v) is 14.8. The molecule has 0 radical (unpaired) electrons. The number of nitro benzene ring substituents is 1. The van der Waals surface area contributed by atoms with Crippen LogP contribution in [0.15, 0.2) is 22.7 Å². The van der Waals surface area contributed by atoms with Gasteiger partial charge >= 0.3 is 0 Å². The van der Waals surface area contributed by atoms with E-state index in [-0.39, 0.29) is 11.6 Å². The standard InChI is InChI=1S/C15H17BrN4O3/c1-8-7-12(20(22)23)5-6-13(8)17-15(21)11(4)19-10(3)14(16)9(2)18-19/h5-7,11H,1-4H3,(H,17,21). The molecule has 1 amide bonds. The highest BCUT2D eigenvalue weighted by Crippen LogP contribution is 2.25. The zero-order chi connectivity index (χ0) is 17.3. The normalized spacial score (nSPS) is 12.0. The van der Waals surface area contributed by atoms with Crippen molar-refractivity contribution in [2.24, 2.45) is 0 Å². The third kappa shape index (κ3) is 3.42. The Morgan fingerprint density at radius 3 is 2.52 bits per heavy atom. The van der Waals surface area contributed by atoms with Crippen LogP contribution in [-0.2, 0) is 4.79 Å². The van der Waals surface area contributed by atoms with Crippen molar-refractivity contribution in [3.05, 3.63) is 49.7 Å². The number of carbonyl (C=O) groups is 1. The molecule has 0 saturated heterocycles. The number of rotatable bonds is 4. The summed E-state index contributed by atoms with van der Waals surface area (Å²) >= 11 is 3.44. The zero-order valence-electron chi connectivity index (χ0n) is 13.3. The van der Waals surface area contributed by atoms with Gasteiger partial charge < -0.3 is 5.32 Å². The van der Waals surface area contributed by atoms with E-state index in [0.29, 0.717) is 11.3 Å². The Kier molecular flexibility index (Phi) is 4.84. The number of amides is 1. The second-order valence-electron chi connectivity index (χ2n) is 5.35. The molecule has 2 rings (SSSR count). The van der Waals surface area contributed by atoms with E-state index < -0.39 is 11.0 Å². The summed E-state index contributed by atoms with van der Waals surface area (Å²) in [5, 5.41) is 17.9. The first kappa shape index (κ1) is 17.1. The van der Waals surface area contributed by atoms with Crippen LogP contribution in [0.2, 0.25) is 0 Å². The molecule has 0 aliphatic heterocycles. The SMILES string of the molecule is Cc1cc([N+](=O)[O-])ccc1NC(=O)C(C)n1nc(C)c(Br)c1C. The molecule has 0 bridgehead atoms. The van der Waals surface area contributed by atoms with Crippen LogP contribution in [0.4, 0.5) is 11.4 Å². The van der Waals surface area contributed by atoms with Crippen LogP contribution in [0.1, 0.15) is 29.9 Å². The Balaban J connectivity index is 2.21. The smallest absolute Gasteiger partial charge is 0.269 e. The Labute approximate surface area is 142 Å². The Morgan fingerprint density at radius 1 is 1.39 bits per heavy atom. The van der Waals surface area contributed by atoms with Gasteiger partial charge in [0.1, 0.15) is 6.04 Å². The molecule has 0 spiro atoms. The lowest BCUT2D eigenvalue weighted by molar-refractivity contribution is -0.384. The molecule has 2 aromatic rings. The molecule has 8 heteroatoms. The summed E-state index contributed by atoms with van der Waals surface area (Å²) in [4.78, 5) is 22.7. The van der Waals surface area contributed by atoms with Gasteiger partial charge in [-0.25, -0.2) is 0 Å². The first-order valence-corrected chi connectivity index (χ1v) is 7.78. The number of carbonyl (C=O) groups excluding carboxylic acids is 1. The molecule has 0 aliphatic carbocycles. The molecule has 0 fully saturated rings. The summed E-state index contributed by atoms with van der Waals surface area (Å²) in [6.07, 6.45) is 0. The fourth-order valence-electron chi connectivity index (χ4n) is 2.27. The van der Waals surface area contributed by atoms with Crippen molar-refractivity contribution in [2.75, 3.05) is 5.32 Å². The van der Waals surface area contributed by atoms with Crippen molar-refractivity contribution in [2.45, 2.75) is 33.7 Å². The van der Waals surface area contributed by atoms with Crippen LogP contribution in [0.25, 0.3) is 0 Å². The van der Waals surface area contributed by atoms with Gasteiger partial charge in [0.05, 0.1) is 20.8 Å². The number of anilines is 1. The average Bonchev–Trinajstić information content (AvgIpc) is 2.75. The Bertz CT molecular complexity index is 785. The average molecular weight is 381 g/mol. The first-order chi connectivity index (χ1) is 10.7. The van der Waals surface area contributed by atoms with Gasteiger partial charge in [-0.3, -0.25) is 19.6 Å². The molecule has 0 saturated carbocycles. The van der Waals surface area contributed by atoms with Crippen LogP contribution in [0.5, 0.6) is 0 Å². The summed E-state index contributed by atoms with van der Waals surface area (Å²) in [6, 6.07) is 3.83. The van der Waals surface area contributed by atoms with Gasteiger partial charge in [0.15, 0.2) is 0 Å². The van der Waals surface area contributed by atoms with E-state index >= 15 is 0 Å². The quantitative estimate of drug-likeness (QED) is 0.646. The number of nitrogens with zero attached hydrogens (tertiary/aromatic N) is 3. The number of aromatic nitrogens is 2. The number of halogens is 1. The number of nitrogens with one attached hydrogen (secondary N) is 1. The molecule has 23 heavy (non-hydrogen) atoms. The van der Waals surface area contributed by atoms with Gasteiger partial charge in [0, 0.05) is 17.8 Å². The molecule has 7 nitrogen and oxygen atoms in total. The first-order valence-electron chi connectivity index (χ1n) is 6.99. The fraction of sp³-hybridized carbons (Fsp3) is 0.333. The highest BCUT2D eigenvalue weighted by atomic mass is 79.9. The Morgan fingerprint density at radius 2 is 2.04 bits per heavy atom. The highest BCUT2D eigenvalue weighted by Gasteiger charge is 2.21. The number of non-ortho nitro benzene ring substituents is 1. The lowest BCUT2D eigenvalue weighted by Gasteiger charge is -2.15. The van der Waals surface area contributed by atoms with E-state index in [2.05, 4.69) is 26.3 Å². The number of hydrogen-bond donors (Lipinski definition) is 1. The second kappa shape index (κ2) is 6.49. The maximum Gasteiger partial charge on any atom is 0.269 e. The largest absolute Gasteiger partial charge is 0.324 e. The molecule has 122 valence electrons. The highest BCUT2D eigenvalue weighted by molar-refractivity contribution is 9.10. The lowest BCUT2D eigenvalue weighted by atomic mass is 10.1. The van der Waals surface area contributed by atoms with Crippen molar-refractivity contribution in [3.8, 4) is 0 Å². The van der Waals surface area contributed by atoms with Gasteiger partial charge in [0.25, 0.3) is 5.69 Å². The summed E-state index contributed by atoms with van der Waals surface area (Å²) in [5.74, 6) is -0.236. The van der Waals surface area contributed by atoms with E-state index in [1.54, 1.807) is 18.5 Å². The molecule has 0 aliphatic rings. The molecular formula is C15H17BrN4O3. The monoisotopic (exact) mass is 380 g/mol. The number of benzene rings is 1. The van der Waals surface area contributed by atoms with Crippen molar-refractivity contribution in [1.29, 1.82) is 0 Å². The second-order valence-corrected chi connectivity index (χ2v) is 6.14. The number of nitro groups is 1. The maximum absolute atomic E-state index is 12.4. The predicted molar refractivity (Wildman–Crippen MR) is 90.6 cm³/mol. The molecule has 1 aromatic carbocycles. The van der Waals surface area contributed by atoms with Crippen molar-refractivity contribution in [3.63, 3.8) is 0 Å². The minimum Gasteiger partial charge on any atom is -0.324 e. The minimum atomic E-state index is -0.505. The van der Waals surface area contributed by atoms with Gasteiger partial charge in [-0.15, -0.1) is 0 Å². The minimum absolute atomic E-state index is 0.00368. The van der Waals surface area contributed by atoms with E-state index in [4.69, 9.17) is 0 Å². The molecule has 1 atom stereocenters. The van der Waals surface area contributed by atoms with Crippen molar-refractivity contribution >= 4 is 33.2 Å². The van der Waals surface area contributed by atoms with Gasteiger partial charge in [0.2, 0.25) is 5.91 Å². The van der Waals surface area contributed by atoms with E-state index in [0.717, 1.165) is 15.9 Å². The summed E-state index contributed by atoms with van der Waals surface area (Å²) < 4.78 is 2.53. The van der Waals surface area contributed by atoms with Gasteiger partial charge in [-0.05, 0) is 55.3 Å². The third-order valence-electron chi connectivity index (χ3n) is 3.66. The lowest BCUT2D eigenvalue weighted by Crippen LogP contribution is -2.25. The van der Waals surface area contributed by atoms with Crippen LogP contribution < -0.4 is 5.32 Å². The van der Waals surface area contributed by atoms with Crippen LogP contribution in [0, 0.1) is 30.9 Å². The fourth-order valence-corrected chi connectivity index (χ4v) is 2.53. The van der Waals surface area contributed by atoms with E-state index in [1.807, 2.05) is 13.8 Å².